The molecule has 0 bridgehead atoms. The van der Waals surface area contributed by atoms with Crippen molar-refractivity contribution in [1.82, 2.24) is 4.57 Å². The van der Waals surface area contributed by atoms with Gasteiger partial charge in [0.1, 0.15) is 11.5 Å². The fourth-order valence-corrected chi connectivity index (χ4v) is 6.07. The first-order valence-electron chi connectivity index (χ1n) is 14.1. The van der Waals surface area contributed by atoms with Crippen LogP contribution in [-0.4, -0.2) is 42.9 Å². The molecule has 2 heterocycles. The number of fused-ring (bicyclic) bond motifs is 2. The molecule has 1 aliphatic rings. The molecule has 0 fully saturated rings. The van der Waals surface area contributed by atoms with Crippen LogP contribution in [0.3, 0.4) is 0 Å². The second-order valence-corrected chi connectivity index (χ2v) is 10.6. The number of hydrogen-bond acceptors (Lipinski definition) is 9. The molecule has 222 valence electrons. The minimum Gasteiger partial charge on any atom is -0.494 e. The van der Waals surface area contributed by atoms with E-state index < -0.39 is 18.0 Å². The highest BCUT2D eigenvalue weighted by atomic mass is 32.1. The van der Waals surface area contributed by atoms with Crippen molar-refractivity contribution in [2.24, 2.45) is 4.99 Å². The standard InChI is InChI=1S/C33H32N2O7S/c1-5-39-23-15-12-22(13-16-23)30-29(32(38)41-7-3)20(4)34-33-35(30)31(37)27(43-33)18-25-24-11-9-8-10-21(24)14-17-26(25)42-19-28(36)40-6-2/h8-18,30H,5-7,19H2,1-4H3. The van der Waals surface area contributed by atoms with Crippen molar-refractivity contribution in [3.63, 3.8) is 0 Å². The van der Waals surface area contributed by atoms with Crippen LogP contribution in [0, 0.1) is 0 Å². The lowest BCUT2D eigenvalue weighted by Crippen LogP contribution is -2.39. The first-order valence-corrected chi connectivity index (χ1v) is 14.9. The van der Waals surface area contributed by atoms with Crippen molar-refractivity contribution in [2.45, 2.75) is 33.7 Å². The van der Waals surface area contributed by atoms with Crippen molar-refractivity contribution >= 4 is 40.1 Å². The van der Waals surface area contributed by atoms with Crippen LogP contribution in [0.15, 0.2) is 81.7 Å². The first kappa shape index (κ1) is 29.8. The molecule has 3 aromatic carbocycles. The van der Waals surface area contributed by atoms with Crippen LogP contribution < -0.4 is 24.4 Å². The molecule has 1 unspecified atom stereocenters. The lowest BCUT2D eigenvalue weighted by Gasteiger charge is -2.24. The van der Waals surface area contributed by atoms with Gasteiger partial charge in [-0.05, 0) is 68.3 Å². The molecule has 0 radical (unpaired) electrons. The number of thiazole rings is 1. The van der Waals surface area contributed by atoms with Gasteiger partial charge in [-0.2, -0.15) is 0 Å². The molecule has 10 heteroatoms. The molecule has 0 spiro atoms. The molecule has 43 heavy (non-hydrogen) atoms. The Bertz CT molecular complexity index is 1890. The van der Waals surface area contributed by atoms with E-state index in [2.05, 4.69) is 4.99 Å². The first-order chi connectivity index (χ1) is 20.9. The van der Waals surface area contributed by atoms with Crippen molar-refractivity contribution in [3.05, 3.63) is 103 Å². The van der Waals surface area contributed by atoms with E-state index in [1.54, 1.807) is 32.9 Å². The summed E-state index contributed by atoms with van der Waals surface area (Å²) in [6.07, 6.45) is 1.76. The smallest absolute Gasteiger partial charge is 0.344 e. The highest BCUT2D eigenvalue weighted by molar-refractivity contribution is 7.07. The van der Waals surface area contributed by atoms with Crippen molar-refractivity contribution in [1.29, 1.82) is 0 Å². The van der Waals surface area contributed by atoms with Crippen molar-refractivity contribution < 1.29 is 28.5 Å². The largest absolute Gasteiger partial charge is 0.494 e. The maximum atomic E-state index is 14.2. The minimum atomic E-state index is -0.750. The van der Waals surface area contributed by atoms with Gasteiger partial charge in [0.15, 0.2) is 11.4 Å². The predicted octanol–water partition coefficient (Wildman–Crippen LogP) is 4.29. The van der Waals surface area contributed by atoms with Gasteiger partial charge < -0.3 is 18.9 Å². The van der Waals surface area contributed by atoms with E-state index >= 15 is 0 Å². The summed E-state index contributed by atoms with van der Waals surface area (Å²) in [6.45, 7) is 7.80. The summed E-state index contributed by atoms with van der Waals surface area (Å²) in [5.74, 6) is 0.103. The fourth-order valence-electron chi connectivity index (χ4n) is 5.04. The van der Waals surface area contributed by atoms with Gasteiger partial charge in [-0.15, -0.1) is 0 Å². The van der Waals surface area contributed by atoms with Gasteiger partial charge in [-0.3, -0.25) is 9.36 Å². The van der Waals surface area contributed by atoms with E-state index in [0.717, 1.165) is 16.3 Å². The van der Waals surface area contributed by atoms with Gasteiger partial charge in [0.05, 0.1) is 41.7 Å². The number of benzene rings is 3. The molecule has 1 aliphatic heterocycles. The van der Waals surface area contributed by atoms with E-state index in [4.69, 9.17) is 18.9 Å². The minimum absolute atomic E-state index is 0.186. The normalized spacial score (nSPS) is 14.7. The lowest BCUT2D eigenvalue weighted by molar-refractivity contribution is -0.145. The van der Waals surface area contributed by atoms with Crippen LogP contribution in [0.25, 0.3) is 16.8 Å². The predicted molar refractivity (Wildman–Crippen MR) is 164 cm³/mol. The zero-order valence-electron chi connectivity index (χ0n) is 24.4. The monoisotopic (exact) mass is 600 g/mol. The van der Waals surface area contributed by atoms with Gasteiger partial charge in [-0.25, -0.2) is 14.6 Å². The maximum Gasteiger partial charge on any atom is 0.344 e. The summed E-state index contributed by atoms with van der Waals surface area (Å²) in [5, 5.41) is 1.79. The Morgan fingerprint density at radius 1 is 0.930 bits per heavy atom. The van der Waals surface area contributed by atoms with Crippen LogP contribution in [-0.2, 0) is 19.1 Å². The third-order valence-electron chi connectivity index (χ3n) is 6.88. The number of hydrogen-bond donors (Lipinski definition) is 0. The highest BCUT2D eigenvalue weighted by Crippen LogP contribution is 2.32. The molecule has 9 nitrogen and oxygen atoms in total. The Hall–Kier alpha value is -4.70. The third kappa shape index (κ3) is 6.10. The summed E-state index contributed by atoms with van der Waals surface area (Å²) in [4.78, 5) is 44.6. The molecule has 5 rings (SSSR count). The summed E-state index contributed by atoms with van der Waals surface area (Å²) in [6, 6.07) is 18.0. The van der Waals surface area contributed by atoms with Crippen LogP contribution in [0.5, 0.6) is 11.5 Å². The zero-order valence-corrected chi connectivity index (χ0v) is 25.2. The topological polar surface area (TPSA) is 105 Å². The van der Waals surface area contributed by atoms with Gasteiger partial charge in [-0.1, -0.05) is 53.8 Å². The molecule has 0 N–H and O–H groups in total. The Morgan fingerprint density at radius 3 is 2.40 bits per heavy atom. The van der Waals surface area contributed by atoms with Gasteiger partial charge in [0.25, 0.3) is 5.56 Å². The molecule has 0 saturated heterocycles. The van der Waals surface area contributed by atoms with E-state index in [9.17, 15) is 14.4 Å². The van der Waals surface area contributed by atoms with Crippen LogP contribution in [0.1, 0.15) is 44.9 Å². The fraction of sp³-hybridized carbons (Fsp3) is 0.273. The second kappa shape index (κ2) is 13.1. The average molecular weight is 601 g/mol. The molecule has 1 aromatic heterocycles. The molecular weight excluding hydrogens is 568 g/mol. The Morgan fingerprint density at radius 2 is 1.67 bits per heavy atom. The van der Waals surface area contributed by atoms with Gasteiger partial charge in [0, 0.05) is 5.56 Å². The van der Waals surface area contributed by atoms with Gasteiger partial charge in [0.2, 0.25) is 0 Å². The summed E-state index contributed by atoms with van der Waals surface area (Å²) in [5.41, 5.74) is 1.83. The molecular formula is C33H32N2O7S. The van der Waals surface area contributed by atoms with Crippen LogP contribution in [0.2, 0.25) is 0 Å². The van der Waals surface area contributed by atoms with Crippen LogP contribution >= 0.6 is 11.3 Å². The molecule has 0 amide bonds. The van der Waals surface area contributed by atoms with E-state index in [1.807, 2.05) is 61.5 Å². The zero-order chi connectivity index (χ0) is 30.5. The number of aromatic nitrogens is 1. The molecule has 0 aliphatic carbocycles. The summed E-state index contributed by atoms with van der Waals surface area (Å²) < 4.78 is 23.8. The quantitative estimate of drug-likeness (QED) is 0.250. The number of allylic oxidation sites excluding steroid dienone is 1. The molecule has 0 saturated carbocycles. The van der Waals surface area contributed by atoms with E-state index in [-0.39, 0.29) is 25.4 Å². The van der Waals surface area contributed by atoms with E-state index in [0.29, 0.717) is 44.3 Å². The van der Waals surface area contributed by atoms with E-state index in [1.165, 1.54) is 15.9 Å². The van der Waals surface area contributed by atoms with Gasteiger partial charge >= 0.3 is 11.9 Å². The SMILES string of the molecule is CCOC(=O)COc1ccc2ccccc2c1C=c1sc2n(c1=O)C(c1ccc(OCC)cc1)C(C(=O)OCC)=C(C)N=2. The number of rotatable bonds is 10. The highest BCUT2D eigenvalue weighted by Gasteiger charge is 2.33. The number of ether oxygens (including phenoxy) is 4. The van der Waals surface area contributed by atoms with Crippen molar-refractivity contribution in [2.75, 3.05) is 26.4 Å². The Kier molecular flexibility index (Phi) is 9.06. The van der Waals surface area contributed by atoms with Crippen LogP contribution in [0.4, 0.5) is 0 Å². The second-order valence-electron chi connectivity index (χ2n) is 9.60. The Balaban J connectivity index is 1.69. The molecule has 4 aromatic rings. The van der Waals surface area contributed by atoms with Crippen molar-refractivity contribution in [3.8, 4) is 11.5 Å². The number of esters is 2. The maximum absolute atomic E-state index is 14.2. The average Bonchev–Trinajstić information content (AvgIpc) is 3.30. The number of carbonyl (C=O) groups is 2. The molecule has 1 atom stereocenters. The Labute approximate surface area is 252 Å². The number of carbonyl (C=O) groups excluding carboxylic acids is 2. The number of nitrogens with zero attached hydrogens (tertiary/aromatic N) is 2. The summed E-state index contributed by atoms with van der Waals surface area (Å²) >= 11 is 1.22. The summed E-state index contributed by atoms with van der Waals surface area (Å²) in [7, 11) is 0. The third-order valence-corrected chi connectivity index (χ3v) is 7.86. The lowest BCUT2D eigenvalue weighted by atomic mass is 9.96.